The fraction of sp³-hybridized carbons (Fsp3) is 0.136. The molecular weight excluding hydrogens is 388 g/mol. The van der Waals surface area contributed by atoms with Crippen LogP contribution in [0.1, 0.15) is 30.1 Å². The molecule has 0 aliphatic rings. The lowest BCUT2D eigenvalue weighted by Crippen LogP contribution is -2.20. The van der Waals surface area contributed by atoms with Crippen LogP contribution in [-0.4, -0.2) is 22.1 Å². The Kier molecular flexibility index (Phi) is 6.81. The highest BCUT2D eigenvalue weighted by Crippen LogP contribution is 2.20. The van der Waals surface area contributed by atoms with Crippen LogP contribution in [0.15, 0.2) is 78.2 Å². The Bertz CT molecular complexity index is 1010. The molecule has 6 nitrogen and oxygen atoms in total. The van der Waals surface area contributed by atoms with Crippen molar-refractivity contribution in [2.45, 2.75) is 19.8 Å². The second kappa shape index (κ2) is 9.71. The van der Waals surface area contributed by atoms with E-state index in [2.05, 4.69) is 15.8 Å². The number of anilines is 1. The van der Waals surface area contributed by atoms with Gasteiger partial charge in [-0.1, -0.05) is 23.7 Å². The number of carbonyl (C=O) groups excluding carboxylic acids is 2. The molecule has 0 spiro atoms. The molecule has 0 fully saturated rings. The van der Waals surface area contributed by atoms with Crippen LogP contribution >= 0.6 is 11.6 Å². The van der Waals surface area contributed by atoms with Gasteiger partial charge in [0.05, 0.1) is 10.7 Å². The topological polar surface area (TPSA) is 75.5 Å². The second-order valence-corrected chi connectivity index (χ2v) is 6.86. The molecule has 0 atom stereocenters. The van der Waals surface area contributed by atoms with Crippen molar-refractivity contribution in [1.82, 2.24) is 9.99 Å². The SMILES string of the molecule is C/C(CCC(=O)Nc1ccccc1Cl)=N\NC(=O)c1ccc(-n2cccc2)cc1. The molecular formula is C22H21ClN4O2. The maximum atomic E-state index is 12.2. The largest absolute Gasteiger partial charge is 0.325 e. The number of nitrogens with zero attached hydrogens (tertiary/aromatic N) is 2. The molecule has 0 radical (unpaired) electrons. The summed E-state index contributed by atoms with van der Waals surface area (Å²) in [4.78, 5) is 24.3. The van der Waals surface area contributed by atoms with Crippen LogP contribution in [0.3, 0.4) is 0 Å². The van der Waals surface area contributed by atoms with E-state index in [-0.39, 0.29) is 18.2 Å². The lowest BCUT2D eigenvalue weighted by molar-refractivity contribution is -0.116. The summed E-state index contributed by atoms with van der Waals surface area (Å²) in [6.07, 6.45) is 4.53. The zero-order valence-corrected chi connectivity index (χ0v) is 16.7. The Balaban J connectivity index is 1.48. The van der Waals surface area contributed by atoms with E-state index in [9.17, 15) is 9.59 Å². The van der Waals surface area contributed by atoms with Gasteiger partial charge in [-0.05, 0) is 61.9 Å². The van der Waals surface area contributed by atoms with Crippen LogP contribution < -0.4 is 10.7 Å². The predicted molar refractivity (Wildman–Crippen MR) is 116 cm³/mol. The lowest BCUT2D eigenvalue weighted by Gasteiger charge is -2.07. The Morgan fingerprint density at radius 2 is 1.66 bits per heavy atom. The molecule has 29 heavy (non-hydrogen) atoms. The second-order valence-electron chi connectivity index (χ2n) is 6.45. The molecule has 3 aromatic rings. The Hall–Kier alpha value is -3.38. The summed E-state index contributed by atoms with van der Waals surface area (Å²) >= 11 is 6.03. The van der Waals surface area contributed by atoms with Gasteiger partial charge in [0.15, 0.2) is 0 Å². The minimum Gasteiger partial charge on any atom is -0.325 e. The lowest BCUT2D eigenvalue weighted by atomic mass is 10.2. The molecule has 0 saturated carbocycles. The highest BCUT2D eigenvalue weighted by Gasteiger charge is 2.08. The van der Waals surface area contributed by atoms with Crippen molar-refractivity contribution < 1.29 is 9.59 Å². The number of aromatic nitrogens is 1. The number of amides is 2. The number of benzene rings is 2. The van der Waals surface area contributed by atoms with Crippen molar-refractivity contribution >= 4 is 34.8 Å². The molecule has 7 heteroatoms. The third kappa shape index (κ3) is 5.80. The summed E-state index contributed by atoms with van der Waals surface area (Å²) in [6.45, 7) is 1.76. The third-order valence-electron chi connectivity index (χ3n) is 4.24. The fourth-order valence-corrected chi connectivity index (χ4v) is 2.81. The van der Waals surface area contributed by atoms with Crippen LogP contribution in [0.25, 0.3) is 5.69 Å². The molecule has 0 aliphatic carbocycles. The molecule has 2 amide bonds. The van der Waals surface area contributed by atoms with E-state index in [4.69, 9.17) is 11.6 Å². The van der Waals surface area contributed by atoms with Gasteiger partial charge >= 0.3 is 0 Å². The monoisotopic (exact) mass is 408 g/mol. The summed E-state index contributed by atoms with van der Waals surface area (Å²) in [7, 11) is 0. The first-order valence-electron chi connectivity index (χ1n) is 9.14. The predicted octanol–water partition coefficient (Wildman–Crippen LogP) is 4.66. The van der Waals surface area contributed by atoms with Crippen molar-refractivity contribution in [2.24, 2.45) is 5.10 Å². The molecule has 148 valence electrons. The van der Waals surface area contributed by atoms with Crippen molar-refractivity contribution in [1.29, 1.82) is 0 Å². The highest BCUT2D eigenvalue weighted by molar-refractivity contribution is 6.33. The molecule has 3 rings (SSSR count). The number of carbonyl (C=O) groups is 2. The van der Waals surface area contributed by atoms with Crippen molar-refractivity contribution in [2.75, 3.05) is 5.32 Å². The van der Waals surface area contributed by atoms with Crippen LogP contribution in [0, 0.1) is 0 Å². The minimum atomic E-state index is -0.302. The van der Waals surface area contributed by atoms with E-state index in [1.165, 1.54) is 0 Å². The van der Waals surface area contributed by atoms with Gasteiger partial charge in [-0.25, -0.2) is 5.43 Å². The number of para-hydroxylation sites is 1. The van der Waals surface area contributed by atoms with E-state index in [1.54, 1.807) is 43.3 Å². The average Bonchev–Trinajstić information content (AvgIpc) is 3.27. The summed E-state index contributed by atoms with van der Waals surface area (Å²) in [5, 5.41) is 7.32. The van der Waals surface area contributed by atoms with Crippen molar-refractivity contribution in [3.63, 3.8) is 0 Å². The number of hydrogen-bond acceptors (Lipinski definition) is 3. The summed E-state index contributed by atoms with van der Waals surface area (Å²) in [5.74, 6) is -0.469. The van der Waals surface area contributed by atoms with Gasteiger partial charge in [0, 0.05) is 35.8 Å². The normalized spacial score (nSPS) is 11.2. The first-order chi connectivity index (χ1) is 14.0. The summed E-state index contributed by atoms with van der Waals surface area (Å²) in [5.41, 5.74) is 5.23. The molecule has 1 heterocycles. The molecule has 2 N–H and O–H groups in total. The van der Waals surface area contributed by atoms with Crippen LogP contribution in [-0.2, 0) is 4.79 Å². The first-order valence-corrected chi connectivity index (χ1v) is 9.52. The van der Waals surface area contributed by atoms with E-state index < -0.39 is 0 Å². The molecule has 1 aromatic heterocycles. The van der Waals surface area contributed by atoms with E-state index in [1.807, 2.05) is 41.2 Å². The first kappa shape index (κ1) is 20.4. The standard InChI is InChI=1S/C22H21ClN4O2/c1-16(8-13-21(28)24-20-7-3-2-6-19(20)23)25-26-22(29)17-9-11-18(12-10-17)27-14-4-5-15-27/h2-7,9-12,14-15H,8,13H2,1H3,(H,24,28)(H,26,29)/b25-16+. The van der Waals surface area contributed by atoms with Crippen molar-refractivity contribution in [3.8, 4) is 5.69 Å². The fourth-order valence-electron chi connectivity index (χ4n) is 2.63. The molecule has 0 unspecified atom stereocenters. The minimum absolute atomic E-state index is 0.167. The number of hydrazone groups is 1. The molecule has 2 aromatic carbocycles. The van der Waals surface area contributed by atoms with E-state index in [0.29, 0.717) is 28.4 Å². The van der Waals surface area contributed by atoms with Gasteiger partial charge in [-0.3, -0.25) is 9.59 Å². The quantitative estimate of drug-likeness (QED) is 0.441. The summed E-state index contributed by atoms with van der Waals surface area (Å²) in [6, 6.07) is 18.1. The Labute approximate surface area is 174 Å². The number of halogens is 1. The van der Waals surface area contributed by atoms with Gasteiger partial charge in [-0.15, -0.1) is 0 Å². The van der Waals surface area contributed by atoms with Gasteiger partial charge in [0.25, 0.3) is 5.91 Å². The van der Waals surface area contributed by atoms with Crippen molar-refractivity contribution in [3.05, 3.63) is 83.6 Å². The van der Waals surface area contributed by atoms with Gasteiger partial charge in [0.1, 0.15) is 0 Å². The van der Waals surface area contributed by atoms with Crippen LogP contribution in [0.5, 0.6) is 0 Å². The number of rotatable bonds is 7. The third-order valence-corrected chi connectivity index (χ3v) is 4.57. The maximum Gasteiger partial charge on any atom is 0.271 e. The Morgan fingerprint density at radius 3 is 2.34 bits per heavy atom. The number of nitrogens with one attached hydrogen (secondary N) is 2. The van der Waals surface area contributed by atoms with Gasteiger partial charge in [-0.2, -0.15) is 5.10 Å². The van der Waals surface area contributed by atoms with Gasteiger partial charge in [0.2, 0.25) is 5.91 Å². The van der Waals surface area contributed by atoms with Crippen LogP contribution in [0.4, 0.5) is 5.69 Å². The maximum absolute atomic E-state index is 12.2. The smallest absolute Gasteiger partial charge is 0.271 e. The zero-order valence-electron chi connectivity index (χ0n) is 15.9. The molecule has 0 saturated heterocycles. The van der Waals surface area contributed by atoms with Gasteiger partial charge < -0.3 is 9.88 Å². The van der Waals surface area contributed by atoms with E-state index >= 15 is 0 Å². The average molecular weight is 409 g/mol. The van der Waals surface area contributed by atoms with Crippen LogP contribution in [0.2, 0.25) is 5.02 Å². The zero-order chi connectivity index (χ0) is 20.6. The molecule has 0 bridgehead atoms. The molecule has 0 aliphatic heterocycles. The highest BCUT2D eigenvalue weighted by atomic mass is 35.5. The summed E-state index contributed by atoms with van der Waals surface area (Å²) < 4.78 is 1.96. The Morgan fingerprint density at radius 1 is 0.966 bits per heavy atom. The van der Waals surface area contributed by atoms with E-state index in [0.717, 1.165) is 5.69 Å². The number of hydrogen-bond donors (Lipinski definition) is 2.